The van der Waals surface area contributed by atoms with Gasteiger partial charge in [0, 0.05) is 22.5 Å². The van der Waals surface area contributed by atoms with Crippen molar-refractivity contribution in [3.63, 3.8) is 0 Å². The minimum atomic E-state index is -4.46. The molecule has 0 bridgehead atoms. The number of benzene rings is 6. The minimum absolute atomic E-state index is 0.0342. The zero-order chi connectivity index (χ0) is 39.1. The maximum Gasteiger partial charge on any atom is 0.323 e. The van der Waals surface area contributed by atoms with Crippen LogP contribution in [-0.4, -0.2) is 54.0 Å². The van der Waals surface area contributed by atoms with Crippen LogP contribution in [0.3, 0.4) is 0 Å². The first kappa shape index (κ1) is 37.2. The predicted octanol–water partition coefficient (Wildman–Crippen LogP) is 6.66. The molecule has 0 aliphatic heterocycles. The lowest BCUT2D eigenvalue weighted by molar-refractivity contribution is 0.101. The lowest BCUT2D eigenvalue weighted by atomic mass is 10.1. The highest BCUT2D eigenvalue weighted by atomic mass is 32.2. The fourth-order valence-electron chi connectivity index (χ4n) is 5.61. The summed E-state index contributed by atoms with van der Waals surface area (Å²) in [4.78, 5) is 38.9. The summed E-state index contributed by atoms with van der Waals surface area (Å²) in [6.45, 7) is 3.35. The fourth-order valence-corrected chi connectivity index (χ4v) is 6.64. The molecule has 0 spiro atoms. The average Bonchev–Trinajstić information content (AvgIpc) is 3.09. The fraction of sp³-hybridized carbons (Fsp3) is 0.0541. The van der Waals surface area contributed by atoms with Crippen LogP contribution in [0.15, 0.2) is 107 Å². The van der Waals surface area contributed by atoms with Gasteiger partial charge < -0.3 is 31.5 Å². The van der Waals surface area contributed by atoms with E-state index in [1.54, 1.807) is 38.1 Å². The summed E-state index contributed by atoms with van der Waals surface area (Å²) in [6, 6.07) is 21.4. The van der Waals surface area contributed by atoms with Gasteiger partial charge >= 0.3 is 6.03 Å². The molecule has 4 amide bonds. The zero-order valence-electron chi connectivity index (χ0n) is 28.2. The second kappa shape index (κ2) is 14.1. The Kier molecular flexibility index (Phi) is 9.74. The Hall–Kier alpha value is -6.53. The number of aromatic hydroxyl groups is 2. The molecule has 0 saturated heterocycles. The second-order valence-electron chi connectivity index (χ2n) is 12.3. The molecule has 0 atom stereocenters. The van der Waals surface area contributed by atoms with Gasteiger partial charge in [0.1, 0.15) is 11.5 Å². The van der Waals surface area contributed by atoms with Gasteiger partial charge in [-0.15, -0.1) is 0 Å². The maximum atomic E-state index is 13.3. The van der Waals surface area contributed by atoms with Gasteiger partial charge in [-0.1, -0.05) is 24.3 Å². The number of carbonyl (C=O) groups is 3. The van der Waals surface area contributed by atoms with E-state index in [1.807, 2.05) is 0 Å². The highest BCUT2D eigenvalue weighted by molar-refractivity contribution is 7.86. The van der Waals surface area contributed by atoms with Gasteiger partial charge in [-0.25, -0.2) is 4.79 Å². The zero-order valence-corrected chi connectivity index (χ0v) is 29.8. The van der Waals surface area contributed by atoms with Gasteiger partial charge in [-0.05, 0) is 119 Å². The molecule has 0 aromatic heterocycles. The van der Waals surface area contributed by atoms with E-state index in [1.165, 1.54) is 72.8 Å². The normalized spacial score (nSPS) is 11.6. The van der Waals surface area contributed by atoms with Crippen LogP contribution in [-0.2, 0) is 20.2 Å². The Morgan fingerprint density at radius 2 is 0.870 bits per heavy atom. The Balaban J connectivity index is 1.14. The van der Waals surface area contributed by atoms with E-state index in [9.17, 15) is 50.5 Å². The number of aryl methyl sites for hydroxylation is 2. The number of rotatable bonds is 8. The largest absolute Gasteiger partial charge is 0.506 e. The summed E-state index contributed by atoms with van der Waals surface area (Å²) in [6.07, 6.45) is 0. The number of urea groups is 1. The molecule has 276 valence electrons. The molecule has 0 saturated carbocycles. The van der Waals surface area contributed by atoms with Crippen LogP contribution in [0.25, 0.3) is 21.5 Å². The van der Waals surface area contributed by atoms with Crippen LogP contribution in [0.4, 0.5) is 27.5 Å². The summed E-state index contributed by atoms with van der Waals surface area (Å²) >= 11 is 0. The summed E-state index contributed by atoms with van der Waals surface area (Å²) in [5, 5.41) is 33.2. The number of fused-ring (bicyclic) bond motifs is 2. The summed E-state index contributed by atoms with van der Waals surface area (Å²) < 4.78 is 64.6. The van der Waals surface area contributed by atoms with Crippen LogP contribution in [0, 0.1) is 13.8 Å². The topological polar surface area (TPSA) is 249 Å². The molecular weight excluding hydrogens is 741 g/mol. The van der Waals surface area contributed by atoms with Gasteiger partial charge in [-0.2, -0.15) is 16.8 Å². The van der Waals surface area contributed by atoms with E-state index >= 15 is 0 Å². The summed E-state index contributed by atoms with van der Waals surface area (Å²) in [5.74, 6) is -1.94. The summed E-state index contributed by atoms with van der Waals surface area (Å²) in [5.41, 5.74) is 1.97. The highest BCUT2D eigenvalue weighted by Gasteiger charge is 2.18. The van der Waals surface area contributed by atoms with Crippen LogP contribution >= 0.6 is 0 Å². The molecule has 17 heteroatoms. The van der Waals surface area contributed by atoms with Crippen LogP contribution in [0.2, 0.25) is 0 Å². The number of hydrogen-bond acceptors (Lipinski definition) is 9. The van der Waals surface area contributed by atoms with E-state index in [4.69, 9.17) is 0 Å². The molecule has 0 heterocycles. The first-order valence-electron chi connectivity index (χ1n) is 15.8. The smallest absolute Gasteiger partial charge is 0.323 e. The Labute approximate surface area is 307 Å². The van der Waals surface area contributed by atoms with Gasteiger partial charge in [-0.3, -0.25) is 18.7 Å². The molecule has 0 radical (unpaired) electrons. The number of anilines is 4. The molecule has 6 aromatic carbocycles. The van der Waals surface area contributed by atoms with E-state index in [0.29, 0.717) is 32.7 Å². The third kappa shape index (κ3) is 8.08. The van der Waals surface area contributed by atoms with Gasteiger partial charge in [0.2, 0.25) is 0 Å². The lowest BCUT2D eigenvalue weighted by Gasteiger charge is -2.14. The van der Waals surface area contributed by atoms with Crippen molar-refractivity contribution in [3.8, 4) is 11.5 Å². The second-order valence-corrected chi connectivity index (χ2v) is 15.1. The number of amides is 4. The predicted molar refractivity (Wildman–Crippen MR) is 202 cm³/mol. The van der Waals surface area contributed by atoms with E-state index in [0.717, 1.165) is 0 Å². The van der Waals surface area contributed by atoms with Gasteiger partial charge in [0.25, 0.3) is 32.1 Å². The number of nitrogens with one attached hydrogen (secondary N) is 4. The molecule has 6 aromatic rings. The third-order valence-electron chi connectivity index (χ3n) is 8.42. The number of phenols is 2. The van der Waals surface area contributed by atoms with Crippen molar-refractivity contribution >= 4 is 82.4 Å². The third-order valence-corrected chi connectivity index (χ3v) is 10.1. The summed E-state index contributed by atoms with van der Waals surface area (Å²) in [7, 11) is -8.93. The van der Waals surface area contributed by atoms with Gasteiger partial charge in [0.05, 0.1) is 21.2 Å². The first-order chi connectivity index (χ1) is 25.3. The number of phenolic OH excluding ortho intramolecular Hbond substituents is 2. The van der Waals surface area contributed by atoms with Gasteiger partial charge in [0.15, 0.2) is 0 Å². The molecule has 6 rings (SSSR count). The van der Waals surface area contributed by atoms with Crippen LogP contribution in [0.5, 0.6) is 11.5 Å². The average molecular weight is 771 g/mol. The molecule has 0 unspecified atom stereocenters. The maximum absolute atomic E-state index is 13.3. The molecule has 15 nitrogen and oxygen atoms in total. The SMILES string of the molecule is Cc1ccc(NC(=O)Nc2ccc(C)c(C(=O)Nc3cc4ccc(S(=O)(=O)O)cc4cc3O)c2)cc1C(=O)Nc1cc2ccc(S(=O)(=O)O)cc2cc1O. The quantitative estimate of drug-likeness (QED) is 0.0600. The van der Waals surface area contributed by atoms with Crippen molar-refractivity contribution in [1.82, 2.24) is 0 Å². The lowest BCUT2D eigenvalue weighted by Crippen LogP contribution is -2.21. The molecule has 54 heavy (non-hydrogen) atoms. The molecule has 8 N–H and O–H groups in total. The molecule has 0 aliphatic carbocycles. The molecule has 0 fully saturated rings. The first-order valence-corrected chi connectivity index (χ1v) is 18.6. The number of hydrogen-bond donors (Lipinski definition) is 8. The van der Waals surface area contributed by atoms with Crippen molar-refractivity contribution in [2.24, 2.45) is 0 Å². The number of carbonyl (C=O) groups excluding carboxylic acids is 3. The monoisotopic (exact) mass is 770 g/mol. The van der Waals surface area contributed by atoms with Crippen molar-refractivity contribution < 1.29 is 50.5 Å². The minimum Gasteiger partial charge on any atom is -0.506 e. The van der Waals surface area contributed by atoms with E-state index < -0.39 is 38.1 Å². The highest BCUT2D eigenvalue weighted by Crippen LogP contribution is 2.33. The Morgan fingerprint density at radius 3 is 1.24 bits per heavy atom. The van der Waals surface area contributed by atoms with Crippen molar-refractivity contribution in [3.05, 3.63) is 119 Å². The van der Waals surface area contributed by atoms with Crippen LogP contribution in [0.1, 0.15) is 31.8 Å². The van der Waals surface area contributed by atoms with Crippen molar-refractivity contribution in [1.29, 1.82) is 0 Å². The van der Waals surface area contributed by atoms with Crippen molar-refractivity contribution in [2.45, 2.75) is 23.6 Å². The van der Waals surface area contributed by atoms with E-state index in [-0.39, 0.29) is 55.2 Å². The Morgan fingerprint density at radius 1 is 0.481 bits per heavy atom. The Bertz CT molecular complexity index is 2600. The standard InChI is InChI=1S/C37H30N4O11S2/c1-19-3-7-25(17-29(19)35(44)40-31-13-21-5-9-27(53(47,48)49)11-23(21)15-33(31)42)38-37(46)39-26-8-4-20(2)30(18-26)36(45)41-32-14-22-6-10-28(54(50,51)52)12-24(22)16-34(32)43/h3-18,42-43H,1-2H3,(H,40,44)(H,41,45)(H2,38,39,46)(H,47,48,49)(H,50,51,52). The molecular formula is C37H30N4O11S2. The van der Waals surface area contributed by atoms with Crippen molar-refractivity contribution in [2.75, 3.05) is 21.3 Å². The molecule has 0 aliphatic rings. The van der Waals surface area contributed by atoms with Crippen LogP contribution < -0.4 is 21.3 Å². The van der Waals surface area contributed by atoms with E-state index in [2.05, 4.69) is 21.3 Å².